The van der Waals surface area contributed by atoms with Crippen molar-refractivity contribution < 1.29 is 9.53 Å². The van der Waals surface area contributed by atoms with Gasteiger partial charge in [-0.2, -0.15) is 0 Å². The van der Waals surface area contributed by atoms with Crippen LogP contribution in [-0.2, 0) is 24.2 Å². The standard InChI is InChI=1S/C17H17N3O2S/c1-22-14-6-3-5-13-11(14)8-9-20(13)10-16(21)19-17-18-12-4-2-7-15(12)23-17/h3,5-6,8-9H,2,4,7,10H2,1H3,(H,18,19,21). The van der Waals surface area contributed by atoms with Crippen molar-refractivity contribution in [1.82, 2.24) is 9.55 Å². The highest BCUT2D eigenvalue weighted by atomic mass is 32.1. The van der Waals surface area contributed by atoms with E-state index in [2.05, 4.69) is 10.3 Å². The summed E-state index contributed by atoms with van der Waals surface area (Å²) in [6.45, 7) is 0.265. The number of benzene rings is 1. The Morgan fingerprint density at radius 3 is 3.13 bits per heavy atom. The second-order valence-corrected chi connectivity index (χ2v) is 6.71. The van der Waals surface area contributed by atoms with E-state index in [4.69, 9.17) is 4.74 Å². The number of anilines is 1. The lowest BCUT2D eigenvalue weighted by Crippen LogP contribution is -2.18. The van der Waals surface area contributed by atoms with E-state index >= 15 is 0 Å². The van der Waals surface area contributed by atoms with Crippen LogP contribution >= 0.6 is 11.3 Å². The predicted molar refractivity (Wildman–Crippen MR) is 91.3 cm³/mol. The molecule has 0 saturated heterocycles. The first kappa shape index (κ1) is 14.3. The third-order valence-electron chi connectivity index (χ3n) is 4.15. The van der Waals surface area contributed by atoms with Crippen LogP contribution in [0.4, 0.5) is 5.13 Å². The molecule has 2 heterocycles. The van der Waals surface area contributed by atoms with Gasteiger partial charge in [0.05, 0.1) is 18.3 Å². The van der Waals surface area contributed by atoms with Gasteiger partial charge in [0.2, 0.25) is 5.91 Å². The number of carbonyl (C=O) groups is 1. The number of ether oxygens (including phenoxy) is 1. The lowest BCUT2D eigenvalue weighted by Gasteiger charge is -2.06. The van der Waals surface area contributed by atoms with Crippen LogP contribution in [0.5, 0.6) is 5.75 Å². The van der Waals surface area contributed by atoms with Crippen LogP contribution in [0.15, 0.2) is 30.5 Å². The second-order valence-electron chi connectivity index (χ2n) is 5.63. The Balaban J connectivity index is 1.52. The maximum atomic E-state index is 12.3. The van der Waals surface area contributed by atoms with E-state index in [9.17, 15) is 4.79 Å². The van der Waals surface area contributed by atoms with E-state index in [1.54, 1.807) is 18.4 Å². The lowest BCUT2D eigenvalue weighted by molar-refractivity contribution is -0.116. The molecular weight excluding hydrogens is 310 g/mol. The number of methoxy groups -OCH3 is 1. The normalized spacial score (nSPS) is 13.3. The number of nitrogens with zero attached hydrogens (tertiary/aromatic N) is 2. The molecule has 3 aromatic rings. The summed E-state index contributed by atoms with van der Waals surface area (Å²) in [4.78, 5) is 18.1. The largest absolute Gasteiger partial charge is 0.496 e. The van der Waals surface area contributed by atoms with Crippen LogP contribution < -0.4 is 10.1 Å². The minimum atomic E-state index is -0.0576. The van der Waals surface area contributed by atoms with Crippen molar-refractivity contribution in [2.75, 3.05) is 12.4 Å². The van der Waals surface area contributed by atoms with Gasteiger partial charge in [0.1, 0.15) is 12.3 Å². The van der Waals surface area contributed by atoms with E-state index in [1.807, 2.05) is 35.0 Å². The van der Waals surface area contributed by atoms with Crippen molar-refractivity contribution in [3.05, 3.63) is 41.0 Å². The highest BCUT2D eigenvalue weighted by Gasteiger charge is 2.18. The smallest absolute Gasteiger partial charge is 0.246 e. The first-order valence-corrected chi connectivity index (χ1v) is 8.46. The molecule has 0 fully saturated rings. The molecule has 0 unspecified atom stereocenters. The maximum absolute atomic E-state index is 12.3. The number of aromatic nitrogens is 2. The molecule has 6 heteroatoms. The van der Waals surface area contributed by atoms with E-state index in [1.165, 1.54) is 11.3 Å². The number of hydrogen-bond acceptors (Lipinski definition) is 4. The molecule has 0 aliphatic heterocycles. The first-order valence-electron chi connectivity index (χ1n) is 7.65. The third kappa shape index (κ3) is 2.59. The van der Waals surface area contributed by atoms with Crippen molar-refractivity contribution in [3.63, 3.8) is 0 Å². The molecule has 1 aliphatic rings. The van der Waals surface area contributed by atoms with Gasteiger partial charge in [-0.05, 0) is 37.5 Å². The zero-order chi connectivity index (χ0) is 15.8. The number of hydrogen-bond donors (Lipinski definition) is 1. The van der Waals surface area contributed by atoms with Gasteiger partial charge in [-0.1, -0.05) is 6.07 Å². The zero-order valence-corrected chi connectivity index (χ0v) is 13.7. The number of aryl methyl sites for hydroxylation is 2. The average Bonchev–Trinajstić information content (AvgIpc) is 3.22. The fourth-order valence-corrected chi connectivity index (χ4v) is 4.13. The van der Waals surface area contributed by atoms with Gasteiger partial charge >= 0.3 is 0 Å². The van der Waals surface area contributed by atoms with Crippen LogP contribution in [0.1, 0.15) is 17.0 Å². The molecule has 1 aromatic carbocycles. The highest BCUT2D eigenvalue weighted by Crippen LogP contribution is 2.30. The van der Waals surface area contributed by atoms with E-state index in [0.29, 0.717) is 5.13 Å². The van der Waals surface area contributed by atoms with Crippen molar-refractivity contribution in [2.45, 2.75) is 25.8 Å². The number of carbonyl (C=O) groups excluding carboxylic acids is 1. The van der Waals surface area contributed by atoms with Gasteiger partial charge in [-0.3, -0.25) is 4.79 Å². The molecule has 23 heavy (non-hydrogen) atoms. The van der Waals surface area contributed by atoms with Gasteiger partial charge in [0, 0.05) is 16.5 Å². The molecule has 0 radical (unpaired) electrons. The van der Waals surface area contributed by atoms with Gasteiger partial charge in [0.25, 0.3) is 0 Å². The SMILES string of the molecule is COc1cccc2c1ccn2CC(=O)Nc1nc2c(s1)CCC2. The van der Waals surface area contributed by atoms with Crippen molar-refractivity contribution >= 4 is 33.3 Å². The van der Waals surface area contributed by atoms with Gasteiger partial charge in [0.15, 0.2) is 5.13 Å². The Morgan fingerprint density at radius 1 is 1.39 bits per heavy atom. The van der Waals surface area contributed by atoms with Crippen LogP contribution in [0.2, 0.25) is 0 Å². The van der Waals surface area contributed by atoms with Crippen LogP contribution in [0.25, 0.3) is 10.9 Å². The Kier molecular flexibility index (Phi) is 3.53. The van der Waals surface area contributed by atoms with Gasteiger partial charge < -0.3 is 14.6 Å². The summed E-state index contributed by atoms with van der Waals surface area (Å²) in [6.07, 6.45) is 5.21. The van der Waals surface area contributed by atoms with Crippen molar-refractivity contribution in [1.29, 1.82) is 0 Å². The monoisotopic (exact) mass is 327 g/mol. The third-order valence-corrected chi connectivity index (χ3v) is 5.22. The fraction of sp³-hybridized carbons (Fsp3) is 0.294. The number of thiazole rings is 1. The molecular formula is C17H17N3O2S. The summed E-state index contributed by atoms with van der Waals surface area (Å²) in [5.74, 6) is 0.760. The molecule has 0 saturated carbocycles. The summed E-state index contributed by atoms with van der Waals surface area (Å²) < 4.78 is 7.28. The summed E-state index contributed by atoms with van der Waals surface area (Å²) in [5, 5.41) is 4.65. The Labute approximate surface area is 137 Å². The maximum Gasteiger partial charge on any atom is 0.246 e. The minimum absolute atomic E-state index is 0.0576. The number of nitrogens with one attached hydrogen (secondary N) is 1. The predicted octanol–water partition coefficient (Wildman–Crippen LogP) is 3.23. The Morgan fingerprint density at radius 2 is 2.30 bits per heavy atom. The zero-order valence-electron chi connectivity index (χ0n) is 12.8. The molecule has 1 N–H and O–H groups in total. The summed E-state index contributed by atoms with van der Waals surface area (Å²) >= 11 is 1.60. The molecule has 5 nitrogen and oxygen atoms in total. The van der Waals surface area contributed by atoms with Gasteiger partial charge in [-0.15, -0.1) is 11.3 Å². The van der Waals surface area contributed by atoms with Crippen LogP contribution in [0.3, 0.4) is 0 Å². The van der Waals surface area contributed by atoms with E-state index in [0.717, 1.165) is 35.2 Å². The molecule has 4 rings (SSSR count). The van der Waals surface area contributed by atoms with Crippen LogP contribution in [-0.4, -0.2) is 22.6 Å². The Hall–Kier alpha value is -2.34. The average molecular weight is 327 g/mol. The molecule has 1 aliphatic carbocycles. The van der Waals surface area contributed by atoms with Crippen LogP contribution in [0, 0.1) is 0 Å². The molecule has 1 amide bonds. The summed E-state index contributed by atoms with van der Waals surface area (Å²) in [5.41, 5.74) is 2.14. The number of fused-ring (bicyclic) bond motifs is 2. The highest BCUT2D eigenvalue weighted by molar-refractivity contribution is 7.15. The summed E-state index contributed by atoms with van der Waals surface area (Å²) in [7, 11) is 1.65. The molecule has 0 bridgehead atoms. The summed E-state index contributed by atoms with van der Waals surface area (Å²) in [6, 6.07) is 7.81. The molecule has 0 atom stereocenters. The molecule has 0 spiro atoms. The first-order chi connectivity index (χ1) is 11.2. The van der Waals surface area contributed by atoms with Gasteiger partial charge in [-0.25, -0.2) is 4.98 Å². The quantitative estimate of drug-likeness (QED) is 0.800. The van der Waals surface area contributed by atoms with E-state index in [-0.39, 0.29) is 12.5 Å². The second kappa shape index (κ2) is 5.70. The fourth-order valence-electron chi connectivity index (χ4n) is 3.07. The van der Waals surface area contributed by atoms with E-state index < -0.39 is 0 Å². The Bertz CT molecular complexity index is 860. The molecule has 2 aromatic heterocycles. The number of amides is 1. The minimum Gasteiger partial charge on any atom is -0.496 e. The topological polar surface area (TPSA) is 56.1 Å². The lowest BCUT2D eigenvalue weighted by atomic mass is 10.2. The van der Waals surface area contributed by atoms with Crippen molar-refractivity contribution in [2.24, 2.45) is 0 Å². The number of rotatable bonds is 4. The molecule has 118 valence electrons. The van der Waals surface area contributed by atoms with Crippen molar-refractivity contribution in [3.8, 4) is 5.75 Å².